The van der Waals surface area contributed by atoms with Crippen LogP contribution in [-0.4, -0.2) is 43.2 Å². The maximum Gasteiger partial charge on any atom is 0.244 e. The van der Waals surface area contributed by atoms with Crippen molar-refractivity contribution < 1.29 is 14.3 Å². The van der Waals surface area contributed by atoms with Gasteiger partial charge in [0.15, 0.2) is 11.5 Å². The smallest absolute Gasteiger partial charge is 0.244 e. The van der Waals surface area contributed by atoms with E-state index >= 15 is 0 Å². The molecule has 0 bridgehead atoms. The molecule has 1 atom stereocenters. The predicted molar refractivity (Wildman–Crippen MR) is 83.1 cm³/mol. The molecule has 5 heteroatoms. The van der Waals surface area contributed by atoms with Gasteiger partial charge in [0.2, 0.25) is 5.91 Å². The summed E-state index contributed by atoms with van der Waals surface area (Å²) >= 11 is 0. The first-order valence-corrected chi connectivity index (χ1v) is 7.60. The van der Waals surface area contributed by atoms with Crippen LogP contribution in [0.15, 0.2) is 18.2 Å². The molecular weight excluding hydrogens is 268 g/mol. The second-order valence-corrected chi connectivity index (χ2v) is 5.09. The summed E-state index contributed by atoms with van der Waals surface area (Å²) in [5.74, 6) is 1.60. The first-order chi connectivity index (χ1) is 10.2. The number of carbonyl (C=O) groups is 1. The summed E-state index contributed by atoms with van der Waals surface area (Å²) < 4.78 is 11.3. The molecule has 0 saturated heterocycles. The molecule has 0 saturated carbocycles. The summed E-state index contributed by atoms with van der Waals surface area (Å²) in [5.41, 5.74) is 0.868. The Hall–Kier alpha value is -1.91. The molecule has 0 aliphatic carbocycles. The van der Waals surface area contributed by atoms with E-state index in [9.17, 15) is 4.79 Å². The van der Waals surface area contributed by atoms with Gasteiger partial charge >= 0.3 is 0 Å². The van der Waals surface area contributed by atoms with Crippen molar-refractivity contribution in [1.82, 2.24) is 4.90 Å². The lowest BCUT2D eigenvalue weighted by Crippen LogP contribution is -2.41. The fourth-order valence-electron chi connectivity index (χ4n) is 2.37. The van der Waals surface area contributed by atoms with Gasteiger partial charge in [0.1, 0.15) is 6.04 Å². The molecule has 1 aliphatic rings. The Labute approximate surface area is 126 Å². The van der Waals surface area contributed by atoms with Crippen LogP contribution in [0.3, 0.4) is 0 Å². The minimum atomic E-state index is -0.269. The summed E-state index contributed by atoms with van der Waals surface area (Å²) in [4.78, 5) is 14.1. The molecule has 0 spiro atoms. The number of ether oxygens (including phenoxy) is 2. The van der Waals surface area contributed by atoms with Crippen molar-refractivity contribution in [2.45, 2.75) is 33.2 Å². The third-order valence-electron chi connectivity index (χ3n) is 3.58. The Balaban J connectivity index is 2.05. The fourth-order valence-corrected chi connectivity index (χ4v) is 2.37. The number of amides is 1. The van der Waals surface area contributed by atoms with Crippen molar-refractivity contribution >= 4 is 11.6 Å². The molecule has 1 aromatic carbocycles. The molecular formula is C16H24N2O3. The minimum absolute atomic E-state index is 0.104. The lowest BCUT2D eigenvalue weighted by molar-refractivity contribution is -0.131. The summed E-state index contributed by atoms with van der Waals surface area (Å²) in [6.45, 7) is 8.64. The molecule has 5 nitrogen and oxygen atoms in total. The van der Waals surface area contributed by atoms with Crippen molar-refractivity contribution in [1.29, 1.82) is 0 Å². The number of hydrogen-bond acceptors (Lipinski definition) is 4. The van der Waals surface area contributed by atoms with Crippen LogP contribution in [-0.2, 0) is 4.79 Å². The number of nitrogens with one attached hydrogen (secondary N) is 1. The Morgan fingerprint density at radius 1 is 1.24 bits per heavy atom. The SMILES string of the molecule is CCN(CC)C(=O)C(C)Nc1ccc2c(c1)OCCCO2. The lowest BCUT2D eigenvalue weighted by Gasteiger charge is -2.24. The summed E-state index contributed by atoms with van der Waals surface area (Å²) in [6.07, 6.45) is 0.883. The van der Waals surface area contributed by atoms with E-state index in [1.165, 1.54) is 0 Å². The van der Waals surface area contributed by atoms with E-state index in [1.54, 1.807) is 0 Å². The molecule has 21 heavy (non-hydrogen) atoms. The van der Waals surface area contributed by atoms with Crippen LogP contribution < -0.4 is 14.8 Å². The third-order valence-corrected chi connectivity index (χ3v) is 3.58. The number of hydrogen-bond donors (Lipinski definition) is 1. The number of fused-ring (bicyclic) bond motifs is 1. The Morgan fingerprint density at radius 3 is 2.57 bits per heavy atom. The normalized spacial score (nSPS) is 15.0. The average Bonchev–Trinajstić information content (AvgIpc) is 2.73. The zero-order chi connectivity index (χ0) is 15.2. The van der Waals surface area contributed by atoms with E-state index in [4.69, 9.17) is 9.47 Å². The molecule has 0 radical (unpaired) electrons. The quantitative estimate of drug-likeness (QED) is 0.906. The zero-order valence-electron chi connectivity index (χ0n) is 13.0. The molecule has 2 rings (SSSR count). The maximum absolute atomic E-state index is 12.3. The molecule has 1 aliphatic heterocycles. The van der Waals surface area contributed by atoms with E-state index in [-0.39, 0.29) is 11.9 Å². The van der Waals surface area contributed by atoms with E-state index in [0.717, 1.165) is 36.7 Å². The van der Waals surface area contributed by atoms with Gasteiger partial charge in [-0.15, -0.1) is 0 Å². The highest BCUT2D eigenvalue weighted by atomic mass is 16.5. The maximum atomic E-state index is 12.3. The Kier molecular flexibility index (Phi) is 5.31. The standard InChI is InChI=1S/C16H24N2O3/c1-4-18(5-2)16(19)12(3)17-13-7-8-14-15(11-13)21-10-6-9-20-14/h7-8,11-12,17H,4-6,9-10H2,1-3H3. The molecule has 0 fully saturated rings. The second kappa shape index (κ2) is 7.20. The average molecular weight is 292 g/mol. The van der Waals surface area contributed by atoms with Crippen LogP contribution in [0.2, 0.25) is 0 Å². The summed E-state index contributed by atoms with van der Waals surface area (Å²) in [5, 5.41) is 3.23. The van der Waals surface area contributed by atoms with Crippen LogP contribution in [0.1, 0.15) is 27.2 Å². The van der Waals surface area contributed by atoms with Crippen LogP contribution in [0.5, 0.6) is 11.5 Å². The Morgan fingerprint density at radius 2 is 1.90 bits per heavy atom. The van der Waals surface area contributed by atoms with Crippen LogP contribution in [0.4, 0.5) is 5.69 Å². The van der Waals surface area contributed by atoms with Gasteiger partial charge in [-0.3, -0.25) is 4.79 Å². The first-order valence-electron chi connectivity index (χ1n) is 7.60. The van der Waals surface area contributed by atoms with Crippen LogP contribution in [0.25, 0.3) is 0 Å². The van der Waals surface area contributed by atoms with Gasteiger partial charge in [-0.05, 0) is 32.9 Å². The molecule has 0 aromatic heterocycles. The number of rotatable bonds is 5. The van der Waals surface area contributed by atoms with E-state index < -0.39 is 0 Å². The van der Waals surface area contributed by atoms with Gasteiger partial charge in [-0.1, -0.05) is 0 Å². The summed E-state index contributed by atoms with van der Waals surface area (Å²) in [6, 6.07) is 5.43. The number of anilines is 1. The van der Waals surface area contributed by atoms with Crippen molar-refractivity contribution in [3.05, 3.63) is 18.2 Å². The van der Waals surface area contributed by atoms with Crippen molar-refractivity contribution in [2.75, 3.05) is 31.6 Å². The minimum Gasteiger partial charge on any atom is -0.490 e. The van der Waals surface area contributed by atoms with Gasteiger partial charge in [0, 0.05) is 31.3 Å². The molecule has 1 N–H and O–H groups in total. The van der Waals surface area contributed by atoms with Crippen LogP contribution >= 0.6 is 0 Å². The van der Waals surface area contributed by atoms with E-state index in [1.807, 2.05) is 43.9 Å². The van der Waals surface area contributed by atoms with Crippen molar-refractivity contribution in [3.8, 4) is 11.5 Å². The number of likely N-dealkylation sites (N-methyl/N-ethyl adjacent to an activating group) is 1. The third kappa shape index (κ3) is 3.80. The number of carbonyl (C=O) groups excluding carboxylic acids is 1. The summed E-state index contributed by atoms with van der Waals surface area (Å²) in [7, 11) is 0. The number of nitrogens with zero attached hydrogens (tertiary/aromatic N) is 1. The van der Waals surface area contributed by atoms with Crippen molar-refractivity contribution in [3.63, 3.8) is 0 Å². The molecule has 1 aromatic rings. The topological polar surface area (TPSA) is 50.8 Å². The van der Waals surface area contributed by atoms with Crippen LogP contribution in [0, 0.1) is 0 Å². The predicted octanol–water partition coefficient (Wildman–Crippen LogP) is 2.52. The first kappa shape index (κ1) is 15.5. The van der Waals surface area contributed by atoms with Gasteiger partial charge in [0.25, 0.3) is 0 Å². The zero-order valence-corrected chi connectivity index (χ0v) is 13.0. The van der Waals surface area contributed by atoms with E-state index in [2.05, 4.69) is 5.32 Å². The van der Waals surface area contributed by atoms with Gasteiger partial charge in [0.05, 0.1) is 13.2 Å². The highest BCUT2D eigenvalue weighted by Gasteiger charge is 2.18. The monoisotopic (exact) mass is 292 g/mol. The van der Waals surface area contributed by atoms with E-state index in [0.29, 0.717) is 13.2 Å². The highest BCUT2D eigenvalue weighted by molar-refractivity contribution is 5.84. The van der Waals surface area contributed by atoms with Gasteiger partial charge in [-0.2, -0.15) is 0 Å². The Bertz CT molecular complexity index is 486. The fraction of sp³-hybridized carbons (Fsp3) is 0.562. The lowest BCUT2D eigenvalue weighted by atomic mass is 10.2. The molecule has 1 amide bonds. The molecule has 1 unspecified atom stereocenters. The number of benzene rings is 1. The second-order valence-electron chi connectivity index (χ2n) is 5.09. The van der Waals surface area contributed by atoms with Gasteiger partial charge < -0.3 is 19.7 Å². The van der Waals surface area contributed by atoms with Gasteiger partial charge in [-0.25, -0.2) is 0 Å². The molecule has 116 valence electrons. The largest absolute Gasteiger partial charge is 0.490 e. The molecule has 1 heterocycles. The highest BCUT2D eigenvalue weighted by Crippen LogP contribution is 2.32. The van der Waals surface area contributed by atoms with Crippen molar-refractivity contribution in [2.24, 2.45) is 0 Å².